The van der Waals surface area contributed by atoms with Crippen molar-refractivity contribution in [3.8, 4) is 5.75 Å². The SMILES string of the molecule is O=C(CCOCCOCCOCCOCCn1cc(COCCOCCOCCOCCNC(=O)C2CCCN2c2nc(Cl)nc3c2cnn3[C@@H]2OC(COP(=O)(O)CP(=O)(O)O)[C@@H](O)[C@H]2O)nn1)Oc1c(F)cc(F)cc1F. The number of carbonyl (C=O) groups is 2. The van der Waals surface area contributed by atoms with Crippen LogP contribution in [0, 0.1) is 17.5 Å². The molecule has 0 spiro atoms. The molecule has 2 saturated heterocycles. The van der Waals surface area contributed by atoms with Crippen LogP contribution in [0.5, 0.6) is 5.75 Å². The number of aromatic nitrogens is 7. The molecular weight excluding hydrogens is 1130 g/mol. The molecule has 79 heavy (non-hydrogen) atoms. The Hall–Kier alpha value is -4.41. The first-order valence-electron chi connectivity index (χ1n) is 24.7. The summed E-state index contributed by atoms with van der Waals surface area (Å²) in [5.74, 6) is -7.11. The summed E-state index contributed by atoms with van der Waals surface area (Å²) in [6.07, 6.45) is -2.08. The van der Waals surface area contributed by atoms with Crippen LogP contribution in [0.1, 0.15) is 31.2 Å². The third kappa shape index (κ3) is 21.1. The van der Waals surface area contributed by atoms with Crippen LogP contribution < -0.4 is 15.0 Å². The number of carbonyl (C=O) groups excluding carboxylic acids is 2. The van der Waals surface area contributed by atoms with Gasteiger partial charge < -0.3 is 87.0 Å². The minimum atomic E-state index is -4.91. The molecule has 6 N–H and O–H groups in total. The smallest absolute Gasteiger partial charge is 0.340 e. The second-order valence-electron chi connectivity index (χ2n) is 17.3. The van der Waals surface area contributed by atoms with Crippen molar-refractivity contribution in [2.24, 2.45) is 0 Å². The van der Waals surface area contributed by atoms with Crippen molar-refractivity contribution in [3.05, 3.63) is 53.0 Å². The maximum Gasteiger partial charge on any atom is 0.340 e. The van der Waals surface area contributed by atoms with E-state index in [4.69, 9.17) is 68.5 Å². The largest absolute Gasteiger partial charge is 0.420 e. The van der Waals surface area contributed by atoms with Gasteiger partial charge in [0.25, 0.3) is 0 Å². The van der Waals surface area contributed by atoms with E-state index < -0.39 is 87.5 Å². The zero-order valence-electron chi connectivity index (χ0n) is 42.5. The summed E-state index contributed by atoms with van der Waals surface area (Å²) in [5.41, 5.74) is 0.729. The van der Waals surface area contributed by atoms with Gasteiger partial charge >= 0.3 is 21.2 Å². The van der Waals surface area contributed by atoms with Crippen molar-refractivity contribution in [1.82, 2.24) is 40.1 Å². The van der Waals surface area contributed by atoms with Gasteiger partial charge in [0.1, 0.15) is 41.7 Å². The number of aliphatic hydroxyl groups is 2. The van der Waals surface area contributed by atoms with Gasteiger partial charge in [-0.2, -0.15) is 15.1 Å². The predicted molar refractivity (Wildman–Crippen MR) is 264 cm³/mol. The quantitative estimate of drug-likeness (QED) is 0.0119. The number of halogens is 4. The number of anilines is 1. The molecule has 2 aliphatic rings. The Morgan fingerprint density at radius 3 is 2.03 bits per heavy atom. The van der Waals surface area contributed by atoms with E-state index in [9.17, 15) is 47.0 Å². The summed E-state index contributed by atoms with van der Waals surface area (Å²) in [6, 6.07) is 0.191. The van der Waals surface area contributed by atoms with Crippen molar-refractivity contribution in [3.63, 3.8) is 0 Å². The number of benzene rings is 1. The number of hydrogen-bond acceptors (Lipinski definition) is 23. The number of nitrogens with one attached hydrogen (secondary N) is 1. The number of amides is 1. The standard InChI is InChI=1S/C44H63ClF3N9O20P2/c45-44-51-40(31-24-50-57(41(31)52-44)43-38(60)37(59)35(76-43)27-75-79(65,66)28-78(62,63)64)56-5-1-2-34(56)42(61)49-4-8-68-11-14-71-18-19-73-20-21-74-26-30-25-55(54-53-30)6-9-69-12-15-72-17-16-70-13-10-67-7-3-36(58)77-39-32(47)22-29(46)23-33(39)48/h22-25,34-35,37-38,43,59-60H,1-21,26-28H2,(H,49,61)(H,65,66)(H2,62,63,64)/t34?,35?,37-,38-,43-/m1/s1. The third-order valence-electron chi connectivity index (χ3n) is 11.3. The molecule has 0 radical (unpaired) electrons. The molecule has 5 heterocycles. The summed E-state index contributed by atoms with van der Waals surface area (Å²) >= 11 is 6.33. The van der Waals surface area contributed by atoms with Gasteiger partial charge in [0.15, 0.2) is 29.4 Å². The lowest BCUT2D eigenvalue weighted by Crippen LogP contribution is -2.44. The van der Waals surface area contributed by atoms with E-state index in [1.165, 1.54) is 6.20 Å². The van der Waals surface area contributed by atoms with Gasteiger partial charge in [-0.05, 0) is 24.4 Å². The van der Waals surface area contributed by atoms with Crippen molar-refractivity contribution in [2.75, 3.05) is 130 Å². The predicted octanol–water partition coefficient (Wildman–Crippen LogP) is 0.859. The lowest BCUT2D eigenvalue weighted by molar-refractivity contribution is -0.136. The number of rotatable bonds is 38. The maximum atomic E-state index is 13.6. The Balaban J connectivity index is 0.725. The summed E-state index contributed by atoms with van der Waals surface area (Å²) in [6.45, 7) is 4.78. The topological polar surface area (TPSA) is 361 Å². The lowest BCUT2D eigenvalue weighted by Gasteiger charge is -2.25. The van der Waals surface area contributed by atoms with Crippen molar-refractivity contribution < 1.29 is 109 Å². The minimum absolute atomic E-state index is 0.0668. The molecule has 6 rings (SSSR count). The summed E-state index contributed by atoms with van der Waals surface area (Å²) in [5, 5.41) is 36.9. The molecule has 1 amide bonds. The molecule has 1 aromatic carbocycles. The van der Waals surface area contributed by atoms with Crippen molar-refractivity contribution in [1.29, 1.82) is 0 Å². The van der Waals surface area contributed by atoms with E-state index in [0.29, 0.717) is 115 Å². The van der Waals surface area contributed by atoms with Crippen LogP contribution in [-0.2, 0) is 79.0 Å². The van der Waals surface area contributed by atoms with Gasteiger partial charge in [0.2, 0.25) is 16.9 Å². The summed E-state index contributed by atoms with van der Waals surface area (Å²) in [4.78, 5) is 63.4. The molecule has 0 bridgehead atoms. The molecule has 3 unspecified atom stereocenters. The molecule has 0 aliphatic carbocycles. The number of fused-ring (bicyclic) bond motifs is 1. The van der Waals surface area contributed by atoms with Crippen LogP contribution in [0.2, 0.25) is 5.28 Å². The van der Waals surface area contributed by atoms with Crippen molar-refractivity contribution >= 4 is 55.5 Å². The van der Waals surface area contributed by atoms with E-state index >= 15 is 0 Å². The first-order chi connectivity index (χ1) is 37.9. The molecular formula is C44H63ClF3N9O20P2. The van der Waals surface area contributed by atoms with Gasteiger partial charge in [-0.1, -0.05) is 5.21 Å². The van der Waals surface area contributed by atoms with Crippen LogP contribution >= 0.6 is 26.8 Å². The van der Waals surface area contributed by atoms with Crippen LogP contribution in [0.4, 0.5) is 19.0 Å². The van der Waals surface area contributed by atoms with Gasteiger partial charge in [-0.3, -0.25) is 18.7 Å². The Bertz CT molecular complexity index is 2620. The Morgan fingerprint density at radius 2 is 1.39 bits per heavy atom. The highest BCUT2D eigenvalue weighted by molar-refractivity contribution is 7.70. The molecule has 3 aromatic heterocycles. The molecule has 35 heteroatoms. The molecule has 29 nitrogen and oxygen atoms in total. The number of ether oxygens (including phenoxy) is 10. The Morgan fingerprint density at radius 1 is 0.797 bits per heavy atom. The monoisotopic (exact) mass is 1190 g/mol. The Kier molecular flexibility index (Phi) is 26.1. The van der Waals surface area contributed by atoms with Gasteiger partial charge in [-0.25, -0.2) is 22.5 Å². The number of aliphatic hydroxyl groups excluding tert-OH is 2. The van der Waals surface area contributed by atoms with E-state index in [1.807, 2.05) is 0 Å². The average molecular weight is 1190 g/mol. The van der Waals surface area contributed by atoms with Gasteiger partial charge in [-0.15, -0.1) is 5.10 Å². The second-order valence-corrected chi connectivity index (χ2v) is 21.6. The molecule has 6 atom stereocenters. The van der Waals surface area contributed by atoms with E-state index in [1.54, 1.807) is 15.8 Å². The molecule has 442 valence electrons. The number of esters is 1. The van der Waals surface area contributed by atoms with E-state index in [0.717, 1.165) is 4.68 Å². The van der Waals surface area contributed by atoms with Gasteiger partial charge in [0.05, 0.1) is 143 Å². The molecule has 2 aliphatic heterocycles. The number of nitrogens with zero attached hydrogens (tertiary/aromatic N) is 8. The van der Waals surface area contributed by atoms with Crippen LogP contribution in [0.15, 0.2) is 24.5 Å². The maximum absolute atomic E-state index is 13.6. The second kappa shape index (κ2) is 32.3. The molecule has 2 fully saturated rings. The Labute approximate surface area is 454 Å². The van der Waals surface area contributed by atoms with Gasteiger partial charge in [0, 0.05) is 25.2 Å². The molecule has 4 aromatic rings. The highest BCUT2D eigenvalue weighted by Crippen LogP contribution is 2.55. The zero-order chi connectivity index (χ0) is 56.8. The molecule has 0 saturated carbocycles. The van der Waals surface area contributed by atoms with E-state index in [2.05, 4.69) is 35.4 Å². The first-order valence-corrected chi connectivity index (χ1v) is 28.7. The van der Waals surface area contributed by atoms with Crippen LogP contribution in [0.25, 0.3) is 11.0 Å². The fourth-order valence-electron chi connectivity index (χ4n) is 7.70. The average Bonchev–Trinajstić information content (AvgIpc) is 4.43. The minimum Gasteiger partial charge on any atom is -0.420 e. The fourth-order valence-corrected chi connectivity index (χ4v) is 10.4. The number of hydrogen-bond donors (Lipinski definition) is 6. The lowest BCUT2D eigenvalue weighted by atomic mass is 10.1. The normalized spacial score (nSPS) is 19.4. The first kappa shape index (κ1) is 63.8. The van der Waals surface area contributed by atoms with Crippen LogP contribution in [0.3, 0.4) is 0 Å². The van der Waals surface area contributed by atoms with E-state index in [-0.39, 0.29) is 75.3 Å². The van der Waals surface area contributed by atoms with Crippen molar-refractivity contribution in [2.45, 2.75) is 63.0 Å². The highest BCUT2D eigenvalue weighted by atomic mass is 35.5. The van der Waals surface area contributed by atoms with Crippen LogP contribution in [-0.4, -0.2) is 221 Å². The summed E-state index contributed by atoms with van der Waals surface area (Å²) in [7, 11) is -9.69. The fraction of sp³-hybridized carbons (Fsp3) is 0.659. The highest BCUT2D eigenvalue weighted by Gasteiger charge is 2.46. The third-order valence-corrected chi connectivity index (χ3v) is 14.9. The summed E-state index contributed by atoms with van der Waals surface area (Å²) < 4.78 is 125. The zero-order valence-corrected chi connectivity index (χ0v) is 45.1.